The zero-order chi connectivity index (χ0) is 11.8. The predicted molar refractivity (Wildman–Crippen MR) is 64.8 cm³/mol. The van der Waals surface area contributed by atoms with Crippen LogP contribution in [-0.4, -0.2) is 17.3 Å². The zero-order valence-corrected chi connectivity index (χ0v) is 10.0. The smallest absolute Gasteiger partial charge is 0.252 e. The third-order valence-electron chi connectivity index (χ3n) is 2.51. The summed E-state index contributed by atoms with van der Waals surface area (Å²) in [6.45, 7) is 3.61. The second-order valence-electron chi connectivity index (χ2n) is 4.37. The van der Waals surface area contributed by atoms with E-state index in [4.69, 9.17) is 11.6 Å². The van der Waals surface area contributed by atoms with Gasteiger partial charge in [-0.05, 0) is 31.5 Å². The van der Waals surface area contributed by atoms with Crippen LogP contribution in [0, 0.1) is 0 Å². The maximum Gasteiger partial charge on any atom is 0.252 e. The Kier molecular flexibility index (Phi) is 2.72. The highest BCUT2D eigenvalue weighted by Crippen LogP contribution is 2.17. The van der Waals surface area contributed by atoms with Gasteiger partial charge in [0.1, 0.15) is 11.4 Å². The van der Waals surface area contributed by atoms with Crippen molar-refractivity contribution in [3.8, 4) is 0 Å². The third-order valence-corrected chi connectivity index (χ3v) is 2.76. The average Bonchev–Trinajstić information content (AvgIpc) is 2.44. The summed E-state index contributed by atoms with van der Waals surface area (Å²) in [6.07, 6.45) is 0.631. The van der Waals surface area contributed by atoms with Gasteiger partial charge in [-0.2, -0.15) is 0 Å². The molecular formula is C12H13ClN2O. The van der Waals surface area contributed by atoms with Gasteiger partial charge in [0, 0.05) is 11.4 Å². The number of hydrogen-bond acceptors (Lipinski definition) is 2. The molecule has 1 heterocycles. The molecule has 0 saturated heterocycles. The van der Waals surface area contributed by atoms with E-state index in [0.717, 1.165) is 11.4 Å². The molecule has 1 N–H and O–H groups in total. The van der Waals surface area contributed by atoms with Crippen molar-refractivity contribution < 1.29 is 4.79 Å². The number of carbonyl (C=O) groups excluding carboxylic acids is 1. The summed E-state index contributed by atoms with van der Waals surface area (Å²) in [5.74, 6) is 0.675. The highest BCUT2D eigenvalue weighted by atomic mass is 35.5. The van der Waals surface area contributed by atoms with Gasteiger partial charge in [0.2, 0.25) is 0 Å². The molecule has 1 aromatic rings. The van der Waals surface area contributed by atoms with Crippen molar-refractivity contribution in [2.24, 2.45) is 4.99 Å². The highest BCUT2D eigenvalue weighted by molar-refractivity contribution is 6.30. The fraction of sp³-hybridized carbons (Fsp3) is 0.333. The lowest BCUT2D eigenvalue weighted by atomic mass is 10.1. The van der Waals surface area contributed by atoms with Gasteiger partial charge in [0.25, 0.3) is 5.91 Å². The molecule has 1 aliphatic heterocycles. The van der Waals surface area contributed by atoms with Crippen molar-refractivity contribution in [3.63, 3.8) is 0 Å². The van der Waals surface area contributed by atoms with Crippen LogP contribution in [0.15, 0.2) is 29.3 Å². The van der Waals surface area contributed by atoms with Crippen molar-refractivity contribution in [2.45, 2.75) is 25.8 Å². The van der Waals surface area contributed by atoms with Crippen molar-refractivity contribution >= 4 is 23.3 Å². The standard InChI is InChI=1S/C12H13ClN2O/c1-12(2)11(16)14-10(15-12)7-8-3-5-9(13)6-4-8/h3-6H,7H2,1-2H3,(H,14,15,16). The first-order valence-corrected chi connectivity index (χ1v) is 5.50. The van der Waals surface area contributed by atoms with Crippen LogP contribution >= 0.6 is 11.6 Å². The molecule has 1 aliphatic rings. The number of amides is 1. The lowest BCUT2D eigenvalue weighted by Crippen LogP contribution is -2.34. The minimum Gasteiger partial charge on any atom is -0.312 e. The quantitative estimate of drug-likeness (QED) is 0.840. The SMILES string of the molecule is CC1(C)N=C(Cc2ccc(Cl)cc2)NC1=O. The maximum atomic E-state index is 11.5. The largest absolute Gasteiger partial charge is 0.312 e. The molecule has 0 radical (unpaired) electrons. The van der Waals surface area contributed by atoms with Crippen LogP contribution in [0.25, 0.3) is 0 Å². The van der Waals surface area contributed by atoms with Gasteiger partial charge in [0.05, 0.1) is 0 Å². The molecule has 1 aromatic carbocycles. The van der Waals surface area contributed by atoms with E-state index < -0.39 is 5.54 Å². The summed E-state index contributed by atoms with van der Waals surface area (Å²) < 4.78 is 0. The Morgan fingerprint density at radius 3 is 2.44 bits per heavy atom. The molecule has 84 valence electrons. The van der Waals surface area contributed by atoms with E-state index in [1.165, 1.54) is 0 Å². The second kappa shape index (κ2) is 3.91. The fourth-order valence-corrected chi connectivity index (χ4v) is 1.71. The lowest BCUT2D eigenvalue weighted by molar-refractivity contribution is -0.122. The van der Waals surface area contributed by atoms with Crippen LogP contribution in [0.3, 0.4) is 0 Å². The molecule has 3 nitrogen and oxygen atoms in total. The molecule has 1 amide bonds. The Morgan fingerprint density at radius 2 is 1.94 bits per heavy atom. The first-order chi connectivity index (χ1) is 7.47. The predicted octanol–water partition coefficient (Wildman–Crippen LogP) is 2.19. The van der Waals surface area contributed by atoms with Gasteiger partial charge < -0.3 is 5.32 Å². The molecule has 0 unspecified atom stereocenters. The molecule has 0 bridgehead atoms. The van der Waals surface area contributed by atoms with Crippen molar-refractivity contribution in [1.29, 1.82) is 0 Å². The highest BCUT2D eigenvalue weighted by Gasteiger charge is 2.33. The third kappa shape index (κ3) is 2.25. The number of nitrogens with one attached hydrogen (secondary N) is 1. The monoisotopic (exact) mass is 236 g/mol. The number of rotatable bonds is 2. The van der Waals surface area contributed by atoms with E-state index in [9.17, 15) is 4.79 Å². The minimum absolute atomic E-state index is 0.0449. The second-order valence-corrected chi connectivity index (χ2v) is 4.81. The Hall–Kier alpha value is -1.35. The van der Waals surface area contributed by atoms with Gasteiger partial charge in [-0.25, -0.2) is 0 Å². The Bertz CT molecular complexity index is 449. The first-order valence-electron chi connectivity index (χ1n) is 5.12. The first kappa shape index (κ1) is 11.1. The van der Waals surface area contributed by atoms with Gasteiger partial charge in [0.15, 0.2) is 0 Å². The number of benzene rings is 1. The van der Waals surface area contributed by atoms with Crippen LogP contribution in [0.1, 0.15) is 19.4 Å². The van der Waals surface area contributed by atoms with Crippen molar-refractivity contribution in [3.05, 3.63) is 34.9 Å². The average molecular weight is 237 g/mol. The fourth-order valence-electron chi connectivity index (χ4n) is 1.58. The molecule has 2 rings (SSSR count). The number of aliphatic imine (C=N–C) groups is 1. The topological polar surface area (TPSA) is 41.5 Å². The minimum atomic E-state index is -0.637. The molecule has 16 heavy (non-hydrogen) atoms. The summed E-state index contributed by atoms with van der Waals surface area (Å²) in [7, 11) is 0. The van der Waals surface area contributed by atoms with Gasteiger partial charge in [-0.3, -0.25) is 9.79 Å². The van der Waals surface area contributed by atoms with Crippen LogP contribution in [0.4, 0.5) is 0 Å². The van der Waals surface area contributed by atoms with Crippen molar-refractivity contribution in [2.75, 3.05) is 0 Å². The van der Waals surface area contributed by atoms with Crippen LogP contribution < -0.4 is 5.32 Å². The van der Waals surface area contributed by atoms with Crippen LogP contribution in [-0.2, 0) is 11.2 Å². The van der Waals surface area contributed by atoms with Crippen LogP contribution in [0.2, 0.25) is 5.02 Å². The zero-order valence-electron chi connectivity index (χ0n) is 9.25. The number of halogens is 1. The van der Waals surface area contributed by atoms with E-state index in [1.807, 2.05) is 24.3 Å². The summed E-state index contributed by atoms with van der Waals surface area (Å²) in [5.41, 5.74) is 0.447. The number of amidine groups is 1. The van der Waals surface area contributed by atoms with Gasteiger partial charge >= 0.3 is 0 Å². The summed E-state index contributed by atoms with van der Waals surface area (Å²) >= 11 is 5.80. The number of carbonyl (C=O) groups is 1. The van der Waals surface area contributed by atoms with E-state index in [-0.39, 0.29) is 5.91 Å². The van der Waals surface area contributed by atoms with Crippen LogP contribution in [0.5, 0.6) is 0 Å². The van der Waals surface area contributed by atoms with Gasteiger partial charge in [-0.15, -0.1) is 0 Å². The molecule has 0 saturated carbocycles. The van der Waals surface area contributed by atoms with E-state index >= 15 is 0 Å². The van der Waals surface area contributed by atoms with E-state index in [2.05, 4.69) is 10.3 Å². The normalized spacial score (nSPS) is 18.2. The molecule has 0 spiro atoms. The molecule has 0 atom stereocenters. The molecule has 0 aliphatic carbocycles. The van der Waals surface area contributed by atoms with E-state index in [1.54, 1.807) is 13.8 Å². The Morgan fingerprint density at radius 1 is 1.31 bits per heavy atom. The Labute approximate surface area is 99.5 Å². The summed E-state index contributed by atoms with van der Waals surface area (Å²) in [4.78, 5) is 15.8. The summed E-state index contributed by atoms with van der Waals surface area (Å²) in [6, 6.07) is 7.53. The molecule has 4 heteroatoms. The summed E-state index contributed by atoms with van der Waals surface area (Å²) in [5, 5.41) is 3.50. The molecule has 0 fully saturated rings. The van der Waals surface area contributed by atoms with E-state index in [0.29, 0.717) is 11.4 Å². The van der Waals surface area contributed by atoms with Gasteiger partial charge in [-0.1, -0.05) is 23.7 Å². The lowest BCUT2D eigenvalue weighted by Gasteiger charge is -2.07. The Balaban J connectivity index is 2.12. The number of hydrogen-bond donors (Lipinski definition) is 1. The van der Waals surface area contributed by atoms with Crippen molar-refractivity contribution in [1.82, 2.24) is 5.32 Å². The maximum absolute atomic E-state index is 11.5. The molecular weight excluding hydrogens is 224 g/mol. The molecule has 0 aromatic heterocycles. The number of nitrogens with zero attached hydrogens (tertiary/aromatic N) is 1.